The van der Waals surface area contributed by atoms with E-state index in [9.17, 15) is 9.59 Å². The van der Waals surface area contributed by atoms with E-state index in [0.717, 1.165) is 36.8 Å². The number of hydrogen-bond donors (Lipinski definition) is 1. The summed E-state index contributed by atoms with van der Waals surface area (Å²) in [5.74, 6) is 0.188. The van der Waals surface area contributed by atoms with E-state index in [1.807, 2.05) is 61.5 Å². The van der Waals surface area contributed by atoms with Crippen LogP contribution >= 0.6 is 0 Å². The standard InChI is InChI=1S/C25H30N2O3/c1-18-9-8-14-25(15-18)27(24(29)21-13-7-6-10-19(21)2)22(17-30-25)23(28)26-16-20-11-4-3-5-12-20/h3-7,10-13,18,22H,8-9,14-17H2,1-2H3,(H,26,28)/t18-,22-,25+/m0/s1. The topological polar surface area (TPSA) is 58.6 Å². The lowest BCUT2D eigenvalue weighted by Gasteiger charge is -2.43. The molecule has 2 aromatic carbocycles. The number of benzene rings is 2. The third-order valence-corrected chi connectivity index (χ3v) is 6.40. The lowest BCUT2D eigenvalue weighted by atomic mass is 9.82. The summed E-state index contributed by atoms with van der Waals surface area (Å²) in [6, 6.07) is 16.8. The highest BCUT2D eigenvalue weighted by Gasteiger charge is 2.54. The van der Waals surface area contributed by atoms with E-state index in [-0.39, 0.29) is 18.4 Å². The van der Waals surface area contributed by atoms with E-state index in [0.29, 0.717) is 18.0 Å². The van der Waals surface area contributed by atoms with Crippen molar-refractivity contribution >= 4 is 11.8 Å². The smallest absolute Gasteiger partial charge is 0.257 e. The molecule has 2 aromatic rings. The Morgan fingerprint density at radius 2 is 1.87 bits per heavy atom. The highest BCUT2D eigenvalue weighted by atomic mass is 16.5. The van der Waals surface area contributed by atoms with Crippen LogP contribution in [0.2, 0.25) is 0 Å². The number of carbonyl (C=O) groups excluding carboxylic acids is 2. The molecule has 0 bridgehead atoms. The Balaban J connectivity index is 1.61. The molecule has 5 heteroatoms. The molecule has 2 amide bonds. The van der Waals surface area contributed by atoms with E-state index in [1.54, 1.807) is 4.90 Å². The van der Waals surface area contributed by atoms with Gasteiger partial charge in [-0.15, -0.1) is 0 Å². The fraction of sp³-hybridized carbons (Fsp3) is 0.440. The van der Waals surface area contributed by atoms with Crippen LogP contribution in [-0.2, 0) is 16.1 Å². The lowest BCUT2D eigenvalue weighted by Crippen LogP contribution is -2.57. The summed E-state index contributed by atoms with van der Waals surface area (Å²) in [6.07, 6.45) is 3.67. The molecule has 1 N–H and O–H groups in total. The van der Waals surface area contributed by atoms with Crippen LogP contribution in [0.4, 0.5) is 0 Å². The van der Waals surface area contributed by atoms with Crippen LogP contribution in [0.25, 0.3) is 0 Å². The van der Waals surface area contributed by atoms with Crippen molar-refractivity contribution in [3.63, 3.8) is 0 Å². The maximum Gasteiger partial charge on any atom is 0.257 e. The lowest BCUT2D eigenvalue weighted by molar-refractivity contribution is -0.128. The summed E-state index contributed by atoms with van der Waals surface area (Å²) in [5.41, 5.74) is 1.90. The zero-order valence-corrected chi connectivity index (χ0v) is 17.8. The number of nitrogens with zero attached hydrogens (tertiary/aromatic N) is 1. The average molecular weight is 407 g/mol. The first-order chi connectivity index (χ1) is 14.5. The zero-order chi connectivity index (χ0) is 21.1. The van der Waals surface area contributed by atoms with E-state index < -0.39 is 11.8 Å². The number of rotatable bonds is 4. The van der Waals surface area contributed by atoms with E-state index >= 15 is 0 Å². The Hall–Kier alpha value is -2.66. The van der Waals surface area contributed by atoms with Crippen LogP contribution in [0.3, 0.4) is 0 Å². The molecule has 0 radical (unpaired) electrons. The van der Waals surface area contributed by atoms with Crippen molar-refractivity contribution in [2.24, 2.45) is 5.92 Å². The van der Waals surface area contributed by atoms with Gasteiger partial charge in [0.25, 0.3) is 5.91 Å². The molecule has 3 atom stereocenters. The highest BCUT2D eigenvalue weighted by molar-refractivity contribution is 5.99. The van der Waals surface area contributed by atoms with Gasteiger partial charge in [-0.1, -0.05) is 61.9 Å². The van der Waals surface area contributed by atoms with Gasteiger partial charge in [-0.2, -0.15) is 0 Å². The SMILES string of the molecule is Cc1ccccc1C(=O)N1[C@H](C(=O)NCc2ccccc2)CO[C@@]12CCC[C@H](C)C2. The van der Waals surface area contributed by atoms with Crippen molar-refractivity contribution < 1.29 is 14.3 Å². The number of carbonyl (C=O) groups is 2. The summed E-state index contributed by atoms with van der Waals surface area (Å²) in [6.45, 7) is 4.81. The van der Waals surface area contributed by atoms with Crippen LogP contribution in [-0.4, -0.2) is 35.1 Å². The van der Waals surface area contributed by atoms with Crippen LogP contribution in [0.15, 0.2) is 54.6 Å². The van der Waals surface area contributed by atoms with Gasteiger partial charge in [-0.3, -0.25) is 14.5 Å². The van der Waals surface area contributed by atoms with Gasteiger partial charge in [0, 0.05) is 12.1 Å². The Kier molecular flexibility index (Phi) is 5.91. The quantitative estimate of drug-likeness (QED) is 0.833. The minimum Gasteiger partial charge on any atom is -0.353 e. The molecule has 1 heterocycles. The Labute approximate surface area is 178 Å². The van der Waals surface area contributed by atoms with Gasteiger partial charge in [0.15, 0.2) is 0 Å². The Bertz CT molecular complexity index is 914. The second-order valence-corrected chi connectivity index (χ2v) is 8.67. The molecule has 2 aliphatic rings. The average Bonchev–Trinajstić information content (AvgIpc) is 3.10. The van der Waals surface area contributed by atoms with Gasteiger partial charge in [-0.05, 0) is 49.3 Å². The maximum atomic E-state index is 13.7. The second kappa shape index (κ2) is 8.60. The van der Waals surface area contributed by atoms with Gasteiger partial charge in [0.1, 0.15) is 11.8 Å². The molecular formula is C25H30N2O3. The minimum absolute atomic E-state index is 0.112. The molecule has 158 valence electrons. The normalized spacial score (nSPS) is 26.0. The maximum absolute atomic E-state index is 13.7. The first kappa shape index (κ1) is 20.6. The van der Waals surface area contributed by atoms with Gasteiger partial charge >= 0.3 is 0 Å². The molecule has 1 saturated carbocycles. The molecule has 0 unspecified atom stereocenters. The predicted molar refractivity (Wildman–Crippen MR) is 116 cm³/mol. The molecule has 5 nitrogen and oxygen atoms in total. The number of nitrogens with one attached hydrogen (secondary N) is 1. The van der Waals surface area contributed by atoms with Crippen LogP contribution in [0.1, 0.15) is 54.1 Å². The van der Waals surface area contributed by atoms with Gasteiger partial charge in [0.05, 0.1) is 6.61 Å². The van der Waals surface area contributed by atoms with Crippen LogP contribution < -0.4 is 5.32 Å². The third kappa shape index (κ3) is 3.99. The molecule has 1 aliphatic carbocycles. The summed E-state index contributed by atoms with van der Waals surface area (Å²) >= 11 is 0. The summed E-state index contributed by atoms with van der Waals surface area (Å²) in [4.78, 5) is 28.6. The van der Waals surface area contributed by atoms with Crippen molar-refractivity contribution in [2.45, 2.75) is 57.8 Å². The van der Waals surface area contributed by atoms with Crippen molar-refractivity contribution in [1.82, 2.24) is 10.2 Å². The first-order valence-corrected chi connectivity index (χ1v) is 10.8. The van der Waals surface area contributed by atoms with E-state index in [2.05, 4.69) is 12.2 Å². The molecule has 2 fully saturated rings. The second-order valence-electron chi connectivity index (χ2n) is 8.67. The summed E-state index contributed by atoms with van der Waals surface area (Å²) in [5, 5.41) is 3.01. The number of ether oxygens (including phenoxy) is 1. The minimum atomic E-state index is -0.689. The molecule has 0 aromatic heterocycles. The monoisotopic (exact) mass is 406 g/mol. The first-order valence-electron chi connectivity index (χ1n) is 10.8. The number of amides is 2. The Morgan fingerprint density at radius 1 is 1.13 bits per heavy atom. The fourth-order valence-corrected chi connectivity index (χ4v) is 4.85. The summed E-state index contributed by atoms with van der Waals surface area (Å²) in [7, 11) is 0. The Morgan fingerprint density at radius 3 is 2.60 bits per heavy atom. The van der Waals surface area contributed by atoms with Gasteiger partial charge in [0.2, 0.25) is 5.91 Å². The molecule has 1 aliphatic heterocycles. The molecule has 1 spiro atoms. The van der Waals surface area contributed by atoms with Crippen molar-refractivity contribution in [1.29, 1.82) is 0 Å². The molecule has 4 rings (SSSR count). The largest absolute Gasteiger partial charge is 0.353 e. The van der Waals surface area contributed by atoms with Crippen molar-refractivity contribution in [3.05, 3.63) is 71.3 Å². The van der Waals surface area contributed by atoms with Crippen LogP contribution in [0.5, 0.6) is 0 Å². The molecule has 30 heavy (non-hydrogen) atoms. The zero-order valence-electron chi connectivity index (χ0n) is 17.8. The fourth-order valence-electron chi connectivity index (χ4n) is 4.85. The third-order valence-electron chi connectivity index (χ3n) is 6.40. The van der Waals surface area contributed by atoms with Gasteiger partial charge < -0.3 is 10.1 Å². The van der Waals surface area contributed by atoms with Crippen molar-refractivity contribution in [2.75, 3.05) is 6.61 Å². The van der Waals surface area contributed by atoms with Crippen molar-refractivity contribution in [3.8, 4) is 0 Å². The van der Waals surface area contributed by atoms with Crippen LogP contribution in [0, 0.1) is 12.8 Å². The number of aryl methyl sites for hydroxylation is 1. The number of hydrogen-bond acceptors (Lipinski definition) is 3. The van der Waals surface area contributed by atoms with E-state index in [4.69, 9.17) is 4.74 Å². The molecule has 1 saturated heterocycles. The van der Waals surface area contributed by atoms with Gasteiger partial charge in [-0.25, -0.2) is 0 Å². The highest BCUT2D eigenvalue weighted by Crippen LogP contribution is 2.43. The van der Waals surface area contributed by atoms with E-state index in [1.165, 1.54) is 0 Å². The summed E-state index contributed by atoms with van der Waals surface area (Å²) < 4.78 is 6.28. The predicted octanol–water partition coefficient (Wildman–Crippen LogP) is 4.06. The molecular weight excluding hydrogens is 376 g/mol.